The molecule has 0 saturated heterocycles. The number of hydrogen-bond acceptors (Lipinski definition) is 1. The maximum Gasteiger partial charge on any atom is 0.296 e. The molecule has 0 unspecified atom stereocenters. The van der Waals surface area contributed by atoms with Gasteiger partial charge in [-0.1, -0.05) is 12.1 Å². The van der Waals surface area contributed by atoms with Crippen LogP contribution >= 0.6 is 15.9 Å². The lowest BCUT2D eigenvalue weighted by molar-refractivity contribution is -0.128. The Hall–Kier alpha value is -0.840. The van der Waals surface area contributed by atoms with Crippen LogP contribution in [-0.2, 0) is 11.2 Å². The molecule has 1 nitrogen and oxygen atoms in total. The van der Waals surface area contributed by atoms with Crippen molar-refractivity contribution in [2.24, 2.45) is 0 Å². The van der Waals surface area contributed by atoms with E-state index in [4.69, 9.17) is 0 Å². The highest BCUT2D eigenvalue weighted by atomic mass is 79.9. The first-order chi connectivity index (χ1) is 6.52. The highest BCUT2D eigenvalue weighted by Crippen LogP contribution is 2.21. The summed E-state index contributed by atoms with van der Waals surface area (Å²) in [6.07, 6.45) is -3.47. The van der Waals surface area contributed by atoms with E-state index in [0.29, 0.717) is 0 Å². The number of carbonyl (C=O) groups is 1. The van der Waals surface area contributed by atoms with Gasteiger partial charge in [-0.05, 0) is 27.6 Å². The molecule has 0 N–H and O–H groups in total. The van der Waals surface area contributed by atoms with Crippen molar-refractivity contribution in [3.63, 3.8) is 0 Å². The first-order valence-electron chi connectivity index (χ1n) is 3.76. The van der Waals surface area contributed by atoms with E-state index >= 15 is 0 Å². The van der Waals surface area contributed by atoms with E-state index in [0.717, 1.165) is 0 Å². The largest absolute Gasteiger partial charge is 0.296 e. The van der Waals surface area contributed by atoms with E-state index in [1.807, 2.05) is 0 Å². The number of hydrogen-bond donors (Lipinski definition) is 0. The normalized spacial score (nSPS) is 10.6. The SMILES string of the molecule is O=C(Cc1cccc(F)c1Br)C(F)F. The van der Waals surface area contributed by atoms with Crippen LogP contribution in [0.5, 0.6) is 0 Å². The Balaban J connectivity index is 2.87. The standard InChI is InChI=1S/C9H6BrF3O/c10-8-5(2-1-3-6(8)11)4-7(14)9(12)13/h1-3,9H,4H2. The third-order valence-corrected chi connectivity index (χ3v) is 2.53. The minimum atomic E-state index is -3.01. The number of alkyl halides is 2. The van der Waals surface area contributed by atoms with E-state index in [-0.39, 0.29) is 10.0 Å². The van der Waals surface area contributed by atoms with Crippen molar-refractivity contribution in [2.45, 2.75) is 12.8 Å². The molecule has 0 atom stereocenters. The second kappa shape index (κ2) is 4.59. The summed E-state index contributed by atoms with van der Waals surface area (Å²) in [5, 5.41) is 0. The molecule has 1 aromatic carbocycles. The molecule has 0 heterocycles. The first-order valence-corrected chi connectivity index (χ1v) is 4.55. The molecule has 0 spiro atoms. The zero-order valence-corrected chi connectivity index (χ0v) is 8.52. The first kappa shape index (κ1) is 11.2. The summed E-state index contributed by atoms with van der Waals surface area (Å²) in [5.74, 6) is -1.78. The second-order valence-corrected chi connectivity index (χ2v) is 3.45. The molecule has 0 aliphatic carbocycles. The van der Waals surface area contributed by atoms with Crippen LogP contribution in [0.1, 0.15) is 5.56 Å². The summed E-state index contributed by atoms with van der Waals surface area (Å²) in [4.78, 5) is 10.7. The van der Waals surface area contributed by atoms with Crippen LogP contribution in [-0.4, -0.2) is 12.2 Å². The fourth-order valence-corrected chi connectivity index (χ4v) is 1.35. The molecule has 0 aliphatic rings. The Morgan fingerprint density at radius 1 is 1.43 bits per heavy atom. The third-order valence-electron chi connectivity index (χ3n) is 1.64. The number of ketones is 1. The summed E-state index contributed by atoms with van der Waals surface area (Å²) < 4.78 is 36.7. The van der Waals surface area contributed by atoms with Crippen molar-refractivity contribution in [2.75, 3.05) is 0 Å². The fourth-order valence-electron chi connectivity index (χ4n) is 0.950. The van der Waals surface area contributed by atoms with Crippen molar-refractivity contribution >= 4 is 21.7 Å². The zero-order valence-electron chi connectivity index (χ0n) is 6.94. The highest BCUT2D eigenvalue weighted by molar-refractivity contribution is 9.10. The van der Waals surface area contributed by atoms with Crippen LogP contribution in [0.25, 0.3) is 0 Å². The van der Waals surface area contributed by atoms with Gasteiger partial charge in [-0.3, -0.25) is 4.79 Å². The molecule has 0 aromatic heterocycles. The van der Waals surface area contributed by atoms with Gasteiger partial charge in [0.25, 0.3) is 6.43 Å². The van der Waals surface area contributed by atoms with Gasteiger partial charge in [-0.2, -0.15) is 0 Å². The van der Waals surface area contributed by atoms with Crippen molar-refractivity contribution in [3.05, 3.63) is 34.1 Å². The highest BCUT2D eigenvalue weighted by Gasteiger charge is 2.17. The molecule has 1 rings (SSSR count). The summed E-state index contributed by atoms with van der Waals surface area (Å²) >= 11 is 2.89. The van der Waals surface area contributed by atoms with Crippen molar-refractivity contribution in [1.82, 2.24) is 0 Å². The lowest BCUT2D eigenvalue weighted by Crippen LogP contribution is -2.13. The fraction of sp³-hybridized carbons (Fsp3) is 0.222. The average Bonchev–Trinajstić information content (AvgIpc) is 2.12. The zero-order chi connectivity index (χ0) is 10.7. The van der Waals surface area contributed by atoms with Gasteiger partial charge < -0.3 is 0 Å². The maximum atomic E-state index is 12.9. The molecule has 0 bridgehead atoms. The Bertz CT molecular complexity index is 352. The lowest BCUT2D eigenvalue weighted by Gasteiger charge is -2.03. The quantitative estimate of drug-likeness (QED) is 0.822. The van der Waals surface area contributed by atoms with Crippen LogP contribution in [0.2, 0.25) is 0 Å². The average molecular weight is 267 g/mol. The van der Waals surface area contributed by atoms with Crippen LogP contribution in [0, 0.1) is 5.82 Å². The summed E-state index contributed by atoms with van der Waals surface area (Å²) in [6.45, 7) is 0. The third kappa shape index (κ3) is 2.57. The Morgan fingerprint density at radius 3 is 2.64 bits per heavy atom. The smallest absolute Gasteiger partial charge is 0.293 e. The molecule has 1 aromatic rings. The summed E-state index contributed by atoms with van der Waals surface area (Å²) in [6, 6.07) is 3.97. The van der Waals surface area contributed by atoms with E-state index in [2.05, 4.69) is 15.9 Å². The topological polar surface area (TPSA) is 17.1 Å². The van der Waals surface area contributed by atoms with Crippen molar-refractivity contribution in [1.29, 1.82) is 0 Å². The molecule has 5 heteroatoms. The van der Waals surface area contributed by atoms with Crippen molar-refractivity contribution in [3.8, 4) is 0 Å². The van der Waals surface area contributed by atoms with Crippen LogP contribution < -0.4 is 0 Å². The minimum absolute atomic E-state index is 0.0639. The molecule has 0 fully saturated rings. The van der Waals surface area contributed by atoms with Crippen molar-refractivity contribution < 1.29 is 18.0 Å². The van der Waals surface area contributed by atoms with E-state index in [1.54, 1.807) is 0 Å². The van der Waals surface area contributed by atoms with E-state index < -0.39 is 24.4 Å². The maximum absolute atomic E-state index is 12.9. The molecule has 76 valence electrons. The Kier molecular flexibility index (Phi) is 3.69. The lowest BCUT2D eigenvalue weighted by atomic mass is 10.1. The molecule has 0 aliphatic heterocycles. The molecular formula is C9H6BrF3O. The predicted molar refractivity (Wildman–Crippen MR) is 48.8 cm³/mol. The molecular weight excluding hydrogens is 261 g/mol. The van der Waals surface area contributed by atoms with Gasteiger partial charge in [0.1, 0.15) is 5.82 Å². The van der Waals surface area contributed by atoms with Gasteiger partial charge in [-0.25, -0.2) is 13.2 Å². The monoisotopic (exact) mass is 266 g/mol. The second-order valence-electron chi connectivity index (χ2n) is 2.66. The van der Waals surface area contributed by atoms with E-state index in [1.165, 1.54) is 18.2 Å². The number of Topliss-reactive ketones (excluding diaryl/α,β-unsaturated/α-hetero) is 1. The Morgan fingerprint density at radius 2 is 2.07 bits per heavy atom. The number of carbonyl (C=O) groups excluding carboxylic acids is 1. The Labute approximate surface area is 87.1 Å². The van der Waals surface area contributed by atoms with Gasteiger partial charge in [0.05, 0.1) is 4.47 Å². The van der Waals surface area contributed by atoms with Gasteiger partial charge >= 0.3 is 0 Å². The summed E-state index contributed by atoms with van der Waals surface area (Å²) in [5.41, 5.74) is 0.232. The minimum Gasteiger partial charge on any atom is -0.293 e. The number of halogens is 4. The van der Waals surface area contributed by atoms with Gasteiger partial charge in [0.15, 0.2) is 0 Å². The molecule has 14 heavy (non-hydrogen) atoms. The van der Waals surface area contributed by atoms with E-state index in [9.17, 15) is 18.0 Å². The predicted octanol–water partition coefficient (Wildman–Crippen LogP) is 2.96. The van der Waals surface area contributed by atoms with Gasteiger partial charge in [-0.15, -0.1) is 0 Å². The van der Waals surface area contributed by atoms with Gasteiger partial charge in [0.2, 0.25) is 5.78 Å². The summed E-state index contributed by atoms with van der Waals surface area (Å²) in [7, 11) is 0. The molecule has 0 saturated carbocycles. The number of benzene rings is 1. The van der Waals surface area contributed by atoms with Crippen LogP contribution in [0.15, 0.2) is 22.7 Å². The van der Waals surface area contributed by atoms with Crippen LogP contribution in [0.4, 0.5) is 13.2 Å². The molecule has 0 amide bonds. The number of rotatable bonds is 3. The molecule has 0 radical (unpaired) electrons. The van der Waals surface area contributed by atoms with Gasteiger partial charge in [0, 0.05) is 6.42 Å². The van der Waals surface area contributed by atoms with Crippen LogP contribution in [0.3, 0.4) is 0 Å².